The van der Waals surface area contributed by atoms with Gasteiger partial charge in [-0.3, -0.25) is 0 Å². The molecule has 3 rings (SSSR count). The normalized spacial score (nSPS) is 10.9. The molecule has 3 heterocycles. The molecule has 0 aliphatic rings. The quantitative estimate of drug-likeness (QED) is 0.707. The Bertz CT molecular complexity index is 674. The molecule has 2 N–H and O–H groups in total. The van der Waals surface area contributed by atoms with E-state index in [1.165, 1.54) is 11.3 Å². The van der Waals surface area contributed by atoms with Gasteiger partial charge in [-0.25, -0.2) is 19.9 Å². The summed E-state index contributed by atoms with van der Waals surface area (Å²) in [7, 11) is 0. The summed E-state index contributed by atoms with van der Waals surface area (Å²) in [4.78, 5) is 17.9. The molecule has 0 atom stereocenters. The fraction of sp³-hybridized carbons (Fsp3) is 0.0909. The Hall–Kier alpha value is -2.08. The highest BCUT2D eigenvalue weighted by Gasteiger charge is 2.09. The van der Waals surface area contributed by atoms with Gasteiger partial charge in [0.2, 0.25) is 5.82 Å². The number of hydrogen-bond donors (Lipinski definition) is 1. The van der Waals surface area contributed by atoms with Crippen LogP contribution in [0.15, 0.2) is 23.8 Å². The van der Waals surface area contributed by atoms with Crippen LogP contribution >= 0.6 is 11.3 Å². The van der Waals surface area contributed by atoms with Gasteiger partial charge in [0.15, 0.2) is 5.82 Å². The van der Waals surface area contributed by atoms with E-state index in [1.54, 1.807) is 12.4 Å². The SMILES string of the molecule is Cc1cnc(-c2nc(N)c3ccsc3n2)nc1. The van der Waals surface area contributed by atoms with Crippen LogP contribution < -0.4 is 5.73 Å². The molecule has 17 heavy (non-hydrogen) atoms. The Morgan fingerprint density at radius 2 is 1.88 bits per heavy atom. The second-order valence-corrected chi connectivity index (χ2v) is 4.55. The number of fused-ring (bicyclic) bond motifs is 1. The van der Waals surface area contributed by atoms with Crippen LogP contribution in [-0.2, 0) is 0 Å². The van der Waals surface area contributed by atoms with Gasteiger partial charge in [-0.15, -0.1) is 11.3 Å². The molecule has 3 aromatic rings. The first-order valence-corrected chi connectivity index (χ1v) is 5.92. The monoisotopic (exact) mass is 243 g/mol. The van der Waals surface area contributed by atoms with Crippen molar-refractivity contribution in [1.29, 1.82) is 0 Å². The van der Waals surface area contributed by atoms with Gasteiger partial charge in [-0.1, -0.05) is 0 Å². The molecule has 0 amide bonds. The van der Waals surface area contributed by atoms with Crippen molar-refractivity contribution >= 4 is 27.4 Å². The van der Waals surface area contributed by atoms with Crippen LogP contribution in [0, 0.1) is 6.92 Å². The second kappa shape index (κ2) is 3.74. The van der Waals surface area contributed by atoms with E-state index in [0.717, 1.165) is 15.8 Å². The van der Waals surface area contributed by atoms with Crippen molar-refractivity contribution in [2.75, 3.05) is 5.73 Å². The van der Waals surface area contributed by atoms with E-state index in [2.05, 4.69) is 19.9 Å². The lowest BCUT2D eigenvalue weighted by Crippen LogP contribution is -1.99. The van der Waals surface area contributed by atoms with E-state index in [4.69, 9.17) is 5.73 Å². The van der Waals surface area contributed by atoms with Crippen molar-refractivity contribution in [1.82, 2.24) is 19.9 Å². The summed E-state index contributed by atoms with van der Waals surface area (Å²) in [6.45, 7) is 1.93. The van der Waals surface area contributed by atoms with Crippen LogP contribution in [0.4, 0.5) is 5.82 Å². The van der Waals surface area contributed by atoms with Crippen molar-refractivity contribution in [3.8, 4) is 11.6 Å². The van der Waals surface area contributed by atoms with E-state index < -0.39 is 0 Å². The third-order valence-electron chi connectivity index (χ3n) is 2.34. The molecular formula is C11H9N5S. The fourth-order valence-corrected chi connectivity index (χ4v) is 2.26. The smallest absolute Gasteiger partial charge is 0.201 e. The van der Waals surface area contributed by atoms with E-state index >= 15 is 0 Å². The zero-order valence-corrected chi connectivity index (χ0v) is 9.90. The van der Waals surface area contributed by atoms with Gasteiger partial charge in [0.05, 0.1) is 5.39 Å². The van der Waals surface area contributed by atoms with Crippen LogP contribution in [0.25, 0.3) is 21.9 Å². The average molecular weight is 243 g/mol. The second-order valence-electron chi connectivity index (χ2n) is 3.66. The van der Waals surface area contributed by atoms with Crippen molar-refractivity contribution in [2.45, 2.75) is 6.92 Å². The summed E-state index contributed by atoms with van der Waals surface area (Å²) in [5.41, 5.74) is 6.87. The zero-order valence-electron chi connectivity index (χ0n) is 9.08. The third kappa shape index (κ3) is 1.72. The van der Waals surface area contributed by atoms with E-state index in [1.807, 2.05) is 18.4 Å². The van der Waals surface area contributed by atoms with Crippen LogP contribution in [0.3, 0.4) is 0 Å². The lowest BCUT2D eigenvalue weighted by molar-refractivity contribution is 1.08. The lowest BCUT2D eigenvalue weighted by atomic mass is 10.3. The zero-order chi connectivity index (χ0) is 11.8. The molecule has 84 valence electrons. The molecule has 5 nitrogen and oxygen atoms in total. The topological polar surface area (TPSA) is 77.6 Å². The number of hydrogen-bond acceptors (Lipinski definition) is 6. The number of nitrogen functional groups attached to an aromatic ring is 1. The first-order chi connectivity index (χ1) is 8.24. The van der Waals surface area contributed by atoms with Crippen LogP contribution in [0.5, 0.6) is 0 Å². The average Bonchev–Trinajstić information content (AvgIpc) is 2.78. The van der Waals surface area contributed by atoms with Crippen molar-refractivity contribution < 1.29 is 0 Å². The number of thiophene rings is 1. The molecule has 0 spiro atoms. The molecule has 0 saturated heterocycles. The summed E-state index contributed by atoms with van der Waals surface area (Å²) < 4.78 is 0. The Kier molecular flexibility index (Phi) is 2.22. The van der Waals surface area contributed by atoms with E-state index in [9.17, 15) is 0 Å². The van der Waals surface area contributed by atoms with Gasteiger partial charge in [0, 0.05) is 12.4 Å². The van der Waals surface area contributed by atoms with E-state index in [0.29, 0.717) is 17.5 Å². The first-order valence-electron chi connectivity index (χ1n) is 5.04. The Morgan fingerprint density at radius 1 is 1.12 bits per heavy atom. The van der Waals surface area contributed by atoms with Gasteiger partial charge < -0.3 is 5.73 Å². The molecule has 0 aromatic carbocycles. The van der Waals surface area contributed by atoms with Crippen molar-refractivity contribution in [3.63, 3.8) is 0 Å². The summed E-state index contributed by atoms with van der Waals surface area (Å²) in [6, 6.07) is 1.91. The minimum Gasteiger partial charge on any atom is -0.383 e. The number of nitrogens with zero attached hydrogens (tertiary/aromatic N) is 4. The molecule has 0 aliphatic carbocycles. The van der Waals surface area contributed by atoms with Gasteiger partial charge in [0.25, 0.3) is 0 Å². The summed E-state index contributed by atoms with van der Waals surface area (Å²) in [6.07, 6.45) is 3.47. The molecule has 0 aliphatic heterocycles. The Labute approximate surface area is 101 Å². The third-order valence-corrected chi connectivity index (χ3v) is 3.14. The summed E-state index contributed by atoms with van der Waals surface area (Å²) in [5.74, 6) is 1.44. The maximum absolute atomic E-state index is 5.87. The van der Waals surface area contributed by atoms with Crippen LogP contribution in [0.1, 0.15) is 5.56 Å². The highest BCUT2D eigenvalue weighted by molar-refractivity contribution is 7.16. The standard InChI is InChI=1S/C11H9N5S/c1-6-4-13-9(14-5-6)10-15-8(12)7-2-3-17-11(7)16-10/h2-5H,1H3,(H2,12,15,16). The number of aryl methyl sites for hydroxylation is 1. The molecule has 0 unspecified atom stereocenters. The number of rotatable bonds is 1. The molecule has 6 heteroatoms. The number of aromatic nitrogens is 4. The van der Waals surface area contributed by atoms with Gasteiger partial charge in [-0.05, 0) is 23.9 Å². The van der Waals surface area contributed by atoms with Gasteiger partial charge >= 0.3 is 0 Å². The molecule has 0 bridgehead atoms. The maximum Gasteiger partial charge on any atom is 0.201 e. The Balaban J connectivity index is 2.20. The minimum absolute atomic E-state index is 0.468. The predicted molar refractivity (Wildman–Crippen MR) is 67.6 cm³/mol. The number of nitrogens with two attached hydrogens (primary N) is 1. The van der Waals surface area contributed by atoms with Crippen molar-refractivity contribution in [3.05, 3.63) is 29.4 Å². The minimum atomic E-state index is 0.468. The van der Waals surface area contributed by atoms with Gasteiger partial charge in [-0.2, -0.15) is 0 Å². The van der Waals surface area contributed by atoms with Crippen LogP contribution in [-0.4, -0.2) is 19.9 Å². The Morgan fingerprint density at radius 3 is 2.65 bits per heavy atom. The van der Waals surface area contributed by atoms with E-state index in [-0.39, 0.29) is 0 Å². The molecule has 0 saturated carbocycles. The highest BCUT2D eigenvalue weighted by Crippen LogP contribution is 2.25. The van der Waals surface area contributed by atoms with Gasteiger partial charge in [0.1, 0.15) is 10.6 Å². The highest BCUT2D eigenvalue weighted by atomic mass is 32.1. The lowest BCUT2D eigenvalue weighted by Gasteiger charge is -2.01. The van der Waals surface area contributed by atoms with Crippen LogP contribution in [0.2, 0.25) is 0 Å². The predicted octanol–water partition coefficient (Wildman–Crippen LogP) is 2.04. The number of anilines is 1. The fourth-order valence-electron chi connectivity index (χ4n) is 1.49. The maximum atomic E-state index is 5.87. The van der Waals surface area contributed by atoms with Crippen molar-refractivity contribution in [2.24, 2.45) is 0 Å². The molecule has 0 radical (unpaired) electrons. The molecular weight excluding hydrogens is 234 g/mol. The molecule has 0 fully saturated rings. The summed E-state index contributed by atoms with van der Waals surface area (Å²) >= 11 is 1.53. The largest absolute Gasteiger partial charge is 0.383 e. The molecule has 3 aromatic heterocycles. The summed E-state index contributed by atoms with van der Waals surface area (Å²) in [5, 5.41) is 2.82. The first kappa shape index (κ1) is 10.1.